The summed E-state index contributed by atoms with van der Waals surface area (Å²) in [6.45, 7) is 6.25. The molecule has 0 aromatic heterocycles. The van der Waals surface area contributed by atoms with Crippen LogP contribution in [-0.4, -0.2) is 37.2 Å². The Kier molecular flexibility index (Phi) is 57.6. The normalized spacial score (nSPS) is 13.5. The van der Waals surface area contributed by atoms with E-state index in [2.05, 4.69) is 191 Å². The smallest absolute Gasteiger partial charge is 0.306 e. The van der Waals surface area contributed by atoms with E-state index < -0.39 is 12.1 Å². The van der Waals surface area contributed by atoms with E-state index in [0.29, 0.717) is 19.3 Å². The predicted molar refractivity (Wildman–Crippen MR) is 329 cm³/mol. The van der Waals surface area contributed by atoms with Crippen molar-refractivity contribution in [1.82, 2.24) is 0 Å². The molecule has 6 heteroatoms. The average molecular weight is 1040 g/mol. The highest BCUT2D eigenvalue weighted by molar-refractivity contribution is 5.71. The van der Waals surface area contributed by atoms with Gasteiger partial charge < -0.3 is 14.2 Å². The molecule has 0 aliphatic carbocycles. The Bertz CT molecular complexity index is 1820. The topological polar surface area (TPSA) is 78.9 Å². The van der Waals surface area contributed by atoms with Crippen molar-refractivity contribution in [3.8, 4) is 0 Å². The van der Waals surface area contributed by atoms with Crippen LogP contribution in [0.5, 0.6) is 0 Å². The van der Waals surface area contributed by atoms with Gasteiger partial charge in [-0.2, -0.15) is 0 Å². The van der Waals surface area contributed by atoms with Crippen LogP contribution in [0.3, 0.4) is 0 Å². The summed E-state index contributed by atoms with van der Waals surface area (Å²) in [5.41, 5.74) is 0. The van der Waals surface area contributed by atoms with E-state index in [-0.39, 0.29) is 38.0 Å². The highest BCUT2D eigenvalue weighted by atomic mass is 16.6. The van der Waals surface area contributed by atoms with Crippen LogP contribution in [0.15, 0.2) is 182 Å². The third kappa shape index (κ3) is 59.4. The number of carbonyl (C=O) groups is 3. The molecule has 0 radical (unpaired) electrons. The zero-order chi connectivity index (χ0) is 55.0. The van der Waals surface area contributed by atoms with E-state index in [1.165, 1.54) is 32.1 Å². The van der Waals surface area contributed by atoms with Gasteiger partial charge in [0.25, 0.3) is 0 Å². The molecule has 0 bridgehead atoms. The highest BCUT2D eigenvalue weighted by Gasteiger charge is 2.19. The highest BCUT2D eigenvalue weighted by Crippen LogP contribution is 2.11. The van der Waals surface area contributed by atoms with E-state index in [1.54, 1.807) is 0 Å². The van der Waals surface area contributed by atoms with Crippen molar-refractivity contribution in [1.29, 1.82) is 0 Å². The largest absolute Gasteiger partial charge is 0.462 e. The summed E-state index contributed by atoms with van der Waals surface area (Å²) in [7, 11) is 0. The number of hydrogen-bond acceptors (Lipinski definition) is 6. The molecule has 0 aliphatic rings. The second-order valence-corrected chi connectivity index (χ2v) is 18.8. The minimum absolute atomic E-state index is 0.143. The number of ether oxygens (including phenoxy) is 3. The lowest BCUT2D eigenvalue weighted by Crippen LogP contribution is -2.30. The maximum atomic E-state index is 12.8. The fraction of sp³-hybridized carbons (Fsp3) is 0.529. The van der Waals surface area contributed by atoms with E-state index in [1.807, 2.05) is 12.2 Å². The van der Waals surface area contributed by atoms with Gasteiger partial charge in [0.1, 0.15) is 13.2 Å². The van der Waals surface area contributed by atoms with Gasteiger partial charge in [-0.25, -0.2) is 0 Å². The Morgan fingerprint density at radius 2 is 0.553 bits per heavy atom. The molecule has 1 atom stereocenters. The predicted octanol–water partition coefficient (Wildman–Crippen LogP) is 20.5. The molecule has 76 heavy (non-hydrogen) atoms. The van der Waals surface area contributed by atoms with Crippen LogP contribution in [0.1, 0.15) is 220 Å². The Balaban J connectivity index is 4.66. The molecule has 0 spiro atoms. The summed E-state index contributed by atoms with van der Waals surface area (Å²) in [4.78, 5) is 38.2. The number of hydrogen-bond donors (Lipinski definition) is 0. The third-order valence-corrected chi connectivity index (χ3v) is 11.6. The molecule has 0 aliphatic heterocycles. The molecule has 0 heterocycles. The van der Waals surface area contributed by atoms with Gasteiger partial charge in [-0.1, -0.05) is 242 Å². The number of rotatable bonds is 51. The summed E-state index contributed by atoms with van der Waals surface area (Å²) in [5.74, 6) is -1.11. The second-order valence-electron chi connectivity index (χ2n) is 18.8. The fourth-order valence-corrected chi connectivity index (χ4v) is 7.25. The number of allylic oxidation sites excluding steroid dienone is 30. The van der Waals surface area contributed by atoms with Crippen molar-refractivity contribution in [2.45, 2.75) is 226 Å². The van der Waals surface area contributed by atoms with Crippen LogP contribution in [0.25, 0.3) is 0 Å². The maximum absolute atomic E-state index is 12.8. The van der Waals surface area contributed by atoms with Crippen LogP contribution in [0.4, 0.5) is 0 Å². The Morgan fingerprint density at radius 3 is 0.908 bits per heavy atom. The van der Waals surface area contributed by atoms with Crippen molar-refractivity contribution >= 4 is 17.9 Å². The first-order valence-corrected chi connectivity index (χ1v) is 29.8. The van der Waals surface area contributed by atoms with Crippen LogP contribution >= 0.6 is 0 Å². The SMILES string of the molecule is CC/C=C\C/C=C\C/C=C\C/C=C\C/C=C\C/C=C\C/C=C\CCCC(=O)OCC(COC(=O)CCCCCCC/C=C\C/C=C\CCCCCC)OC(=O)CC/C=C\C/C=C\C/C=C\C/C=C\C/C=C\C/C=C\CC. The zero-order valence-corrected chi connectivity index (χ0v) is 48.2. The van der Waals surface area contributed by atoms with Gasteiger partial charge in [0, 0.05) is 19.3 Å². The van der Waals surface area contributed by atoms with Crippen molar-refractivity contribution in [2.24, 2.45) is 0 Å². The Labute approximate surface area is 465 Å². The monoisotopic (exact) mass is 1040 g/mol. The van der Waals surface area contributed by atoms with Crippen molar-refractivity contribution in [2.75, 3.05) is 13.2 Å². The molecule has 0 rings (SSSR count). The molecule has 0 saturated heterocycles. The molecule has 0 amide bonds. The van der Waals surface area contributed by atoms with Crippen molar-refractivity contribution in [3.05, 3.63) is 182 Å². The summed E-state index contributed by atoms with van der Waals surface area (Å²) < 4.78 is 16.7. The fourth-order valence-electron chi connectivity index (χ4n) is 7.25. The molecule has 6 nitrogen and oxygen atoms in total. The number of esters is 3. The molecular formula is C70H106O6. The standard InChI is InChI=1S/C70H106O6/c1-4-7-10-13-16-19-22-25-28-31-33-34-35-36-38-39-42-45-48-51-54-57-60-63-69(72)75-66-67(65-74-68(71)62-59-56-53-50-47-44-41-30-27-24-21-18-15-12-9-6-3)76-70(73)64-61-58-55-52-49-46-43-40-37-32-29-26-23-20-17-14-11-8-5-2/h7-8,10-11,16-17,19-21,24-26,28-30,33-34,36-38,40-42,45-46,49,51,54-55,58,67H,4-6,9,12-15,18,22-23,27,31-32,35,39,43-44,47-48,50,52-53,56-57,59-66H2,1-3H3/b10-7-,11-8-,19-16-,20-17-,24-21-,28-25-,29-26-,34-33-,38-36-,40-37-,41-30-,45-42-,49-46-,54-51-,58-55-. The number of unbranched alkanes of at least 4 members (excludes halogenated alkanes) is 10. The Hall–Kier alpha value is -5.49. The van der Waals surface area contributed by atoms with Crippen LogP contribution < -0.4 is 0 Å². The number of carbonyl (C=O) groups excluding carboxylic acids is 3. The van der Waals surface area contributed by atoms with E-state index in [9.17, 15) is 14.4 Å². The summed E-state index contributed by atoms with van der Waals surface area (Å²) in [5, 5.41) is 0. The molecule has 0 fully saturated rings. The molecule has 1 unspecified atom stereocenters. The van der Waals surface area contributed by atoms with E-state index in [0.717, 1.165) is 135 Å². The van der Waals surface area contributed by atoms with Gasteiger partial charge in [-0.05, 0) is 141 Å². The summed E-state index contributed by atoms with van der Waals surface area (Å²) in [6, 6.07) is 0. The third-order valence-electron chi connectivity index (χ3n) is 11.6. The van der Waals surface area contributed by atoms with Gasteiger partial charge in [0.05, 0.1) is 0 Å². The van der Waals surface area contributed by atoms with Gasteiger partial charge >= 0.3 is 17.9 Å². The Morgan fingerprint density at radius 1 is 0.276 bits per heavy atom. The summed E-state index contributed by atoms with van der Waals surface area (Å²) >= 11 is 0. The first-order chi connectivity index (χ1) is 37.5. The summed E-state index contributed by atoms with van der Waals surface area (Å²) in [6.07, 6.45) is 93.3. The first-order valence-electron chi connectivity index (χ1n) is 29.8. The van der Waals surface area contributed by atoms with Crippen LogP contribution in [0.2, 0.25) is 0 Å². The average Bonchev–Trinajstić information content (AvgIpc) is 3.42. The molecule has 0 aromatic rings. The van der Waals surface area contributed by atoms with Crippen LogP contribution in [-0.2, 0) is 28.6 Å². The van der Waals surface area contributed by atoms with E-state index >= 15 is 0 Å². The zero-order valence-electron chi connectivity index (χ0n) is 48.2. The van der Waals surface area contributed by atoms with E-state index in [4.69, 9.17) is 14.2 Å². The van der Waals surface area contributed by atoms with Crippen LogP contribution in [0, 0.1) is 0 Å². The van der Waals surface area contributed by atoms with Gasteiger partial charge in [0.2, 0.25) is 0 Å². The van der Waals surface area contributed by atoms with Gasteiger partial charge in [-0.15, -0.1) is 0 Å². The minimum Gasteiger partial charge on any atom is -0.462 e. The lowest BCUT2D eigenvalue weighted by molar-refractivity contribution is -0.166. The molecule has 0 N–H and O–H groups in total. The molecular weight excluding hydrogens is 937 g/mol. The van der Waals surface area contributed by atoms with Gasteiger partial charge in [-0.3, -0.25) is 14.4 Å². The van der Waals surface area contributed by atoms with Gasteiger partial charge in [0.15, 0.2) is 6.10 Å². The second kappa shape index (κ2) is 62.1. The maximum Gasteiger partial charge on any atom is 0.306 e. The minimum atomic E-state index is -0.860. The van der Waals surface area contributed by atoms with Crippen molar-refractivity contribution in [3.63, 3.8) is 0 Å². The quantitative estimate of drug-likeness (QED) is 0.0261. The molecule has 0 aromatic carbocycles. The lowest BCUT2D eigenvalue weighted by atomic mass is 10.1. The lowest BCUT2D eigenvalue weighted by Gasteiger charge is -2.18. The van der Waals surface area contributed by atoms with Crippen molar-refractivity contribution < 1.29 is 28.6 Å². The molecule has 0 saturated carbocycles. The first kappa shape index (κ1) is 70.5. The molecule has 422 valence electrons.